The summed E-state index contributed by atoms with van der Waals surface area (Å²) in [6.45, 7) is 0. The number of non-ortho nitro benzene ring substituents is 1. The number of halogens is 1. The van der Waals surface area contributed by atoms with Crippen molar-refractivity contribution in [3.63, 3.8) is 0 Å². The molecule has 2 N–H and O–H groups in total. The summed E-state index contributed by atoms with van der Waals surface area (Å²) in [5.41, 5.74) is 3.58. The Kier molecular flexibility index (Phi) is 8.40. The van der Waals surface area contributed by atoms with E-state index < -0.39 is 22.7 Å². The van der Waals surface area contributed by atoms with E-state index in [1.807, 2.05) is 0 Å². The van der Waals surface area contributed by atoms with E-state index >= 15 is 0 Å². The molecule has 194 valence electrons. The van der Waals surface area contributed by atoms with Gasteiger partial charge in [-0.3, -0.25) is 19.7 Å². The molecule has 0 unspecified atom stereocenters. The number of nitro benzene ring substituents is 1. The van der Waals surface area contributed by atoms with Gasteiger partial charge in [-0.25, -0.2) is 10.2 Å². The van der Waals surface area contributed by atoms with Gasteiger partial charge in [-0.2, -0.15) is 5.10 Å². The summed E-state index contributed by atoms with van der Waals surface area (Å²) in [6, 6.07) is 24.2. The molecule has 0 saturated heterocycles. The van der Waals surface area contributed by atoms with E-state index in [2.05, 4.69) is 15.8 Å². The van der Waals surface area contributed by atoms with Crippen molar-refractivity contribution >= 4 is 47.0 Å². The lowest BCUT2D eigenvalue weighted by Crippen LogP contribution is -2.21. The maximum absolute atomic E-state index is 12.8. The lowest BCUT2D eigenvalue weighted by Gasteiger charge is -2.10. The number of hydrazone groups is 1. The van der Waals surface area contributed by atoms with Gasteiger partial charge in [-0.15, -0.1) is 0 Å². The van der Waals surface area contributed by atoms with Crippen LogP contribution in [0.5, 0.6) is 5.75 Å². The first-order valence-corrected chi connectivity index (χ1v) is 11.7. The summed E-state index contributed by atoms with van der Waals surface area (Å²) in [5.74, 6) is -1.56. The zero-order valence-corrected chi connectivity index (χ0v) is 20.8. The molecular formula is C28H19ClN4O6. The van der Waals surface area contributed by atoms with Gasteiger partial charge in [0, 0.05) is 28.3 Å². The molecule has 0 bridgehead atoms. The molecule has 10 nitrogen and oxygen atoms in total. The van der Waals surface area contributed by atoms with Gasteiger partial charge in [-0.1, -0.05) is 35.9 Å². The fraction of sp³-hybridized carbons (Fsp3) is 0. The van der Waals surface area contributed by atoms with Gasteiger partial charge in [0.05, 0.1) is 28.0 Å². The molecule has 4 aromatic carbocycles. The number of rotatable bonds is 8. The number of nitrogens with zero attached hydrogens (tertiary/aromatic N) is 2. The number of hydrogen-bond acceptors (Lipinski definition) is 7. The van der Waals surface area contributed by atoms with E-state index in [9.17, 15) is 24.5 Å². The van der Waals surface area contributed by atoms with Crippen LogP contribution < -0.4 is 15.5 Å². The number of anilines is 1. The standard InChI is InChI=1S/C28H19ClN4O6/c29-21-13-9-18(10-14-21)26(34)31-24-7-3-2-6-23(24)27(35)32-30-17-20-5-1-4-8-25(20)39-28(36)19-11-15-22(16-12-19)33(37)38/h1-17H,(H,31,34)(H,32,35)/b30-17-. The van der Waals surface area contributed by atoms with Crippen molar-refractivity contribution in [1.29, 1.82) is 0 Å². The van der Waals surface area contributed by atoms with Crippen molar-refractivity contribution in [2.45, 2.75) is 0 Å². The van der Waals surface area contributed by atoms with Crippen LogP contribution in [0.15, 0.2) is 102 Å². The second-order valence-electron chi connectivity index (χ2n) is 7.94. The maximum atomic E-state index is 12.8. The van der Waals surface area contributed by atoms with Crippen LogP contribution >= 0.6 is 11.6 Å². The molecule has 0 atom stereocenters. The molecule has 11 heteroatoms. The van der Waals surface area contributed by atoms with Crippen molar-refractivity contribution in [3.8, 4) is 5.75 Å². The predicted molar refractivity (Wildman–Crippen MR) is 145 cm³/mol. The summed E-state index contributed by atoms with van der Waals surface area (Å²) in [5, 5.41) is 18.0. The summed E-state index contributed by atoms with van der Waals surface area (Å²) in [7, 11) is 0. The predicted octanol–water partition coefficient (Wildman–Crippen LogP) is 5.48. The van der Waals surface area contributed by atoms with Crippen molar-refractivity contribution in [3.05, 3.63) is 134 Å². The Morgan fingerprint density at radius 3 is 2.18 bits per heavy atom. The summed E-state index contributed by atoms with van der Waals surface area (Å²) >= 11 is 5.87. The minimum atomic E-state index is -0.722. The molecule has 0 aliphatic carbocycles. The average molecular weight is 543 g/mol. The number of ether oxygens (including phenoxy) is 1. The Morgan fingerprint density at radius 1 is 0.821 bits per heavy atom. The summed E-state index contributed by atoms with van der Waals surface area (Å²) in [6.07, 6.45) is 1.30. The smallest absolute Gasteiger partial charge is 0.343 e. The first-order valence-electron chi connectivity index (χ1n) is 11.4. The Hall–Kier alpha value is -5.35. The van der Waals surface area contributed by atoms with Gasteiger partial charge in [-0.05, 0) is 60.7 Å². The minimum Gasteiger partial charge on any atom is -0.422 e. The number of carbonyl (C=O) groups is 3. The van der Waals surface area contributed by atoms with Crippen molar-refractivity contribution in [2.24, 2.45) is 5.10 Å². The Balaban J connectivity index is 1.43. The third-order valence-corrected chi connectivity index (χ3v) is 5.58. The number of nitrogens with one attached hydrogen (secondary N) is 2. The zero-order valence-electron chi connectivity index (χ0n) is 20.0. The summed E-state index contributed by atoms with van der Waals surface area (Å²) < 4.78 is 5.42. The quantitative estimate of drug-likeness (QED) is 0.0992. The molecule has 4 rings (SSSR count). The largest absolute Gasteiger partial charge is 0.422 e. The van der Waals surface area contributed by atoms with E-state index in [0.29, 0.717) is 16.1 Å². The van der Waals surface area contributed by atoms with Crippen LogP contribution in [0.4, 0.5) is 11.4 Å². The number of para-hydroxylation sites is 2. The van der Waals surface area contributed by atoms with Gasteiger partial charge in [0.15, 0.2) is 0 Å². The van der Waals surface area contributed by atoms with Crippen LogP contribution in [0, 0.1) is 10.1 Å². The monoisotopic (exact) mass is 542 g/mol. The van der Waals surface area contributed by atoms with Gasteiger partial charge in [0.1, 0.15) is 5.75 Å². The number of hydrogen-bond donors (Lipinski definition) is 2. The number of amides is 2. The highest BCUT2D eigenvalue weighted by Crippen LogP contribution is 2.20. The second kappa shape index (κ2) is 12.3. The minimum absolute atomic E-state index is 0.123. The fourth-order valence-electron chi connectivity index (χ4n) is 3.36. The van der Waals surface area contributed by atoms with Crippen LogP contribution in [-0.4, -0.2) is 28.9 Å². The highest BCUT2D eigenvalue weighted by atomic mass is 35.5. The molecule has 0 radical (unpaired) electrons. The molecule has 39 heavy (non-hydrogen) atoms. The molecule has 0 saturated carbocycles. The lowest BCUT2D eigenvalue weighted by molar-refractivity contribution is -0.384. The summed E-state index contributed by atoms with van der Waals surface area (Å²) in [4.78, 5) is 48.2. The van der Waals surface area contributed by atoms with Crippen molar-refractivity contribution in [2.75, 3.05) is 5.32 Å². The normalized spacial score (nSPS) is 10.6. The molecule has 4 aromatic rings. The fourth-order valence-corrected chi connectivity index (χ4v) is 3.49. The highest BCUT2D eigenvalue weighted by molar-refractivity contribution is 6.30. The Labute approximate surface area is 227 Å². The zero-order chi connectivity index (χ0) is 27.8. The molecule has 0 aromatic heterocycles. The van der Waals surface area contributed by atoms with E-state index in [0.717, 1.165) is 0 Å². The number of esters is 1. The third-order valence-electron chi connectivity index (χ3n) is 5.33. The van der Waals surface area contributed by atoms with Gasteiger partial charge >= 0.3 is 5.97 Å². The lowest BCUT2D eigenvalue weighted by atomic mass is 10.1. The van der Waals surface area contributed by atoms with Crippen molar-refractivity contribution < 1.29 is 24.0 Å². The van der Waals surface area contributed by atoms with E-state index in [-0.39, 0.29) is 28.3 Å². The number of benzene rings is 4. The van der Waals surface area contributed by atoms with Gasteiger partial charge in [0.2, 0.25) is 0 Å². The molecule has 2 amide bonds. The van der Waals surface area contributed by atoms with E-state index in [4.69, 9.17) is 16.3 Å². The number of carbonyl (C=O) groups excluding carboxylic acids is 3. The van der Waals surface area contributed by atoms with Crippen LogP contribution in [0.2, 0.25) is 5.02 Å². The highest BCUT2D eigenvalue weighted by Gasteiger charge is 2.15. The first kappa shape index (κ1) is 26.7. The molecule has 0 heterocycles. The van der Waals surface area contributed by atoms with E-state index in [1.54, 1.807) is 60.7 Å². The topological polar surface area (TPSA) is 140 Å². The third kappa shape index (κ3) is 6.90. The molecule has 0 fully saturated rings. The van der Waals surface area contributed by atoms with Crippen molar-refractivity contribution in [1.82, 2.24) is 5.43 Å². The molecule has 0 aliphatic heterocycles. The number of nitro groups is 1. The maximum Gasteiger partial charge on any atom is 0.343 e. The van der Waals surface area contributed by atoms with Gasteiger partial charge in [0.25, 0.3) is 17.5 Å². The molecular weight excluding hydrogens is 524 g/mol. The van der Waals surface area contributed by atoms with Gasteiger partial charge < -0.3 is 10.1 Å². The SMILES string of the molecule is O=C(Nc1ccccc1C(=O)N/N=C\c1ccccc1OC(=O)c1ccc([N+](=O)[O-])cc1)c1ccc(Cl)cc1. The van der Waals surface area contributed by atoms with Crippen LogP contribution in [-0.2, 0) is 0 Å². The molecule has 0 spiro atoms. The van der Waals surface area contributed by atoms with Crippen LogP contribution in [0.25, 0.3) is 0 Å². The van der Waals surface area contributed by atoms with Crippen LogP contribution in [0.1, 0.15) is 36.6 Å². The van der Waals surface area contributed by atoms with Crippen LogP contribution in [0.3, 0.4) is 0 Å². The first-order chi connectivity index (χ1) is 18.8. The van der Waals surface area contributed by atoms with E-state index in [1.165, 1.54) is 42.6 Å². The second-order valence-corrected chi connectivity index (χ2v) is 8.37. The Bertz CT molecular complexity index is 1570. The average Bonchev–Trinajstić information content (AvgIpc) is 2.94. The molecule has 0 aliphatic rings. The Morgan fingerprint density at radius 2 is 1.46 bits per heavy atom.